The van der Waals surface area contributed by atoms with E-state index in [-0.39, 0.29) is 5.82 Å². The van der Waals surface area contributed by atoms with E-state index in [0.717, 1.165) is 5.13 Å². The minimum Gasteiger partial charge on any atom is -0.359 e. The molecule has 82 valence electrons. The number of aromatic nitrogens is 1. The highest BCUT2D eigenvalue weighted by atomic mass is 32.1. The van der Waals surface area contributed by atoms with Gasteiger partial charge in [-0.1, -0.05) is 12.1 Å². The number of rotatable bonds is 3. The van der Waals surface area contributed by atoms with Gasteiger partial charge in [0, 0.05) is 17.0 Å². The van der Waals surface area contributed by atoms with Crippen LogP contribution >= 0.6 is 11.3 Å². The van der Waals surface area contributed by atoms with E-state index >= 15 is 0 Å². The van der Waals surface area contributed by atoms with Gasteiger partial charge in [0.25, 0.3) is 0 Å². The summed E-state index contributed by atoms with van der Waals surface area (Å²) in [4.78, 5) is 4.39. The van der Waals surface area contributed by atoms with Crippen molar-refractivity contribution in [2.75, 3.05) is 5.32 Å². The van der Waals surface area contributed by atoms with Gasteiger partial charge in [-0.3, -0.25) is 0 Å². The largest absolute Gasteiger partial charge is 0.359 e. The second kappa shape index (κ2) is 3.87. The number of benzene rings is 1. The van der Waals surface area contributed by atoms with E-state index in [1.54, 1.807) is 12.1 Å². The van der Waals surface area contributed by atoms with Crippen molar-refractivity contribution >= 4 is 16.5 Å². The normalized spacial score (nSPS) is 15.1. The van der Waals surface area contributed by atoms with Gasteiger partial charge in [0.05, 0.1) is 5.69 Å². The average molecular weight is 234 g/mol. The monoisotopic (exact) mass is 234 g/mol. The fraction of sp³-hybridized carbons (Fsp3) is 0.250. The number of nitrogens with zero attached hydrogens (tertiary/aromatic N) is 1. The first-order valence-corrected chi connectivity index (χ1v) is 6.18. The van der Waals surface area contributed by atoms with Gasteiger partial charge in [-0.25, -0.2) is 9.37 Å². The van der Waals surface area contributed by atoms with Gasteiger partial charge < -0.3 is 5.32 Å². The van der Waals surface area contributed by atoms with Gasteiger partial charge in [-0.2, -0.15) is 0 Å². The molecular formula is C12H11FN2S. The minimum absolute atomic E-state index is 0.217. The van der Waals surface area contributed by atoms with Crippen LogP contribution in [0.4, 0.5) is 9.52 Å². The maximum absolute atomic E-state index is 13.5. The third-order valence-corrected chi connectivity index (χ3v) is 3.33. The molecule has 2 nitrogen and oxygen atoms in total. The van der Waals surface area contributed by atoms with E-state index in [4.69, 9.17) is 0 Å². The van der Waals surface area contributed by atoms with Crippen molar-refractivity contribution in [2.24, 2.45) is 0 Å². The summed E-state index contributed by atoms with van der Waals surface area (Å²) in [6.07, 6.45) is 2.43. The van der Waals surface area contributed by atoms with Crippen LogP contribution in [0.2, 0.25) is 0 Å². The molecule has 0 atom stereocenters. The highest BCUT2D eigenvalue weighted by molar-refractivity contribution is 7.14. The van der Waals surface area contributed by atoms with Gasteiger partial charge in [-0.05, 0) is 25.0 Å². The van der Waals surface area contributed by atoms with E-state index in [9.17, 15) is 4.39 Å². The molecule has 1 heterocycles. The van der Waals surface area contributed by atoms with E-state index in [0.29, 0.717) is 17.3 Å². The van der Waals surface area contributed by atoms with Gasteiger partial charge in [0.1, 0.15) is 5.82 Å². The Hall–Kier alpha value is -1.42. The van der Waals surface area contributed by atoms with Gasteiger partial charge in [0.2, 0.25) is 0 Å². The molecule has 0 spiro atoms. The van der Waals surface area contributed by atoms with Crippen molar-refractivity contribution in [2.45, 2.75) is 18.9 Å². The lowest BCUT2D eigenvalue weighted by Crippen LogP contribution is -1.99. The Morgan fingerprint density at radius 3 is 2.88 bits per heavy atom. The van der Waals surface area contributed by atoms with Gasteiger partial charge in [0.15, 0.2) is 5.13 Å². The topological polar surface area (TPSA) is 24.9 Å². The van der Waals surface area contributed by atoms with Crippen LogP contribution in [0.3, 0.4) is 0 Å². The molecule has 1 N–H and O–H groups in total. The number of halogens is 1. The van der Waals surface area contributed by atoms with Crippen molar-refractivity contribution in [3.8, 4) is 11.3 Å². The predicted octanol–water partition coefficient (Wildman–Crippen LogP) is 3.52. The standard InChI is InChI=1S/C12H11FN2S/c13-10-4-2-1-3-9(10)11-7-16-12(15-11)14-8-5-6-8/h1-4,7-8H,5-6H2,(H,14,15). The quantitative estimate of drug-likeness (QED) is 0.878. The molecule has 1 aromatic carbocycles. The maximum Gasteiger partial charge on any atom is 0.183 e. The van der Waals surface area contributed by atoms with Crippen molar-refractivity contribution in [1.29, 1.82) is 0 Å². The summed E-state index contributed by atoms with van der Waals surface area (Å²) >= 11 is 1.53. The summed E-state index contributed by atoms with van der Waals surface area (Å²) in [5.74, 6) is -0.217. The molecule has 16 heavy (non-hydrogen) atoms. The highest BCUT2D eigenvalue weighted by Gasteiger charge is 2.22. The van der Waals surface area contributed by atoms with Crippen LogP contribution in [0.25, 0.3) is 11.3 Å². The molecule has 0 bridgehead atoms. The van der Waals surface area contributed by atoms with E-state index in [2.05, 4.69) is 10.3 Å². The molecule has 0 amide bonds. The van der Waals surface area contributed by atoms with Crippen LogP contribution in [0, 0.1) is 5.82 Å². The fourth-order valence-electron chi connectivity index (χ4n) is 1.53. The SMILES string of the molecule is Fc1ccccc1-c1csc(NC2CC2)n1. The van der Waals surface area contributed by atoms with Gasteiger partial charge in [-0.15, -0.1) is 11.3 Å². The Bertz CT molecular complexity index is 505. The number of hydrogen-bond acceptors (Lipinski definition) is 3. The summed E-state index contributed by atoms with van der Waals surface area (Å²) in [5, 5.41) is 6.09. The lowest BCUT2D eigenvalue weighted by Gasteiger charge is -1.98. The van der Waals surface area contributed by atoms with Crippen LogP contribution in [-0.2, 0) is 0 Å². The zero-order chi connectivity index (χ0) is 11.0. The van der Waals surface area contributed by atoms with E-state index in [1.807, 2.05) is 11.4 Å². The number of thiazole rings is 1. The van der Waals surface area contributed by atoms with E-state index < -0.39 is 0 Å². The molecule has 1 aliphatic rings. The van der Waals surface area contributed by atoms with E-state index in [1.165, 1.54) is 30.2 Å². The lowest BCUT2D eigenvalue weighted by atomic mass is 10.2. The molecule has 4 heteroatoms. The second-order valence-corrected chi connectivity index (χ2v) is 4.79. The third kappa shape index (κ3) is 1.93. The van der Waals surface area contributed by atoms with Gasteiger partial charge >= 0.3 is 0 Å². The first kappa shape index (κ1) is 9.78. The Morgan fingerprint density at radius 1 is 1.31 bits per heavy atom. The third-order valence-electron chi connectivity index (χ3n) is 2.56. The number of hydrogen-bond donors (Lipinski definition) is 1. The Balaban J connectivity index is 1.88. The summed E-state index contributed by atoms with van der Waals surface area (Å²) in [6, 6.07) is 7.31. The van der Waals surface area contributed by atoms with Crippen LogP contribution in [0.5, 0.6) is 0 Å². The van der Waals surface area contributed by atoms with Crippen molar-refractivity contribution in [3.63, 3.8) is 0 Å². The molecule has 0 saturated heterocycles. The smallest absolute Gasteiger partial charge is 0.183 e. The summed E-state index contributed by atoms with van der Waals surface area (Å²) < 4.78 is 13.5. The van der Waals surface area contributed by atoms with Crippen LogP contribution in [0.1, 0.15) is 12.8 Å². The van der Waals surface area contributed by atoms with Crippen LogP contribution in [-0.4, -0.2) is 11.0 Å². The van der Waals surface area contributed by atoms with Crippen LogP contribution in [0.15, 0.2) is 29.6 Å². The van der Waals surface area contributed by atoms with Crippen molar-refractivity contribution < 1.29 is 4.39 Å². The molecule has 0 aliphatic heterocycles. The molecule has 1 aliphatic carbocycles. The predicted molar refractivity (Wildman–Crippen MR) is 64.2 cm³/mol. The molecule has 1 aromatic heterocycles. The second-order valence-electron chi connectivity index (χ2n) is 3.94. The Kier molecular flexibility index (Phi) is 2.36. The number of nitrogens with one attached hydrogen (secondary N) is 1. The zero-order valence-corrected chi connectivity index (χ0v) is 9.43. The lowest BCUT2D eigenvalue weighted by molar-refractivity contribution is 0.631. The minimum atomic E-state index is -0.217. The van der Waals surface area contributed by atoms with Crippen molar-refractivity contribution in [1.82, 2.24) is 4.98 Å². The Labute approximate surface area is 97.2 Å². The van der Waals surface area contributed by atoms with Crippen LogP contribution < -0.4 is 5.32 Å². The van der Waals surface area contributed by atoms with Crippen molar-refractivity contribution in [3.05, 3.63) is 35.5 Å². The maximum atomic E-state index is 13.5. The number of anilines is 1. The average Bonchev–Trinajstić information content (AvgIpc) is 2.97. The molecular weight excluding hydrogens is 223 g/mol. The zero-order valence-electron chi connectivity index (χ0n) is 8.61. The molecule has 1 saturated carbocycles. The molecule has 3 rings (SSSR count). The first-order chi connectivity index (χ1) is 7.83. The molecule has 0 unspecified atom stereocenters. The Morgan fingerprint density at radius 2 is 2.12 bits per heavy atom. The molecule has 1 fully saturated rings. The summed E-state index contributed by atoms with van der Waals surface area (Å²) in [7, 11) is 0. The fourth-order valence-corrected chi connectivity index (χ4v) is 2.32. The summed E-state index contributed by atoms with van der Waals surface area (Å²) in [6.45, 7) is 0. The summed E-state index contributed by atoms with van der Waals surface area (Å²) in [5.41, 5.74) is 1.29. The molecule has 2 aromatic rings. The highest BCUT2D eigenvalue weighted by Crippen LogP contribution is 2.30. The molecule has 0 radical (unpaired) electrons. The first-order valence-electron chi connectivity index (χ1n) is 5.30.